The van der Waals surface area contributed by atoms with Gasteiger partial charge in [-0.15, -0.1) is 0 Å². The Morgan fingerprint density at radius 2 is 1.86 bits per heavy atom. The third-order valence-corrected chi connectivity index (χ3v) is 3.50. The molecule has 0 bridgehead atoms. The quantitative estimate of drug-likeness (QED) is 0.774. The van der Waals surface area contributed by atoms with E-state index in [4.69, 9.17) is 5.11 Å². The predicted molar refractivity (Wildman–Crippen MR) is 85.2 cm³/mol. The summed E-state index contributed by atoms with van der Waals surface area (Å²) in [4.78, 5) is 23.3. The molecular weight excluding hydrogens is 388 g/mol. The molecule has 0 aliphatic rings. The van der Waals surface area contributed by atoms with Gasteiger partial charge in [-0.05, 0) is 59.8 Å². The van der Waals surface area contributed by atoms with Crippen LogP contribution in [0.5, 0.6) is 0 Å². The molecule has 0 aliphatic carbocycles. The predicted octanol–water partition coefficient (Wildman–Crippen LogP) is 3.69. The number of carboxylic acid groups (broad SMARTS) is 1. The second-order valence-corrected chi connectivity index (χ2v) is 5.68. The van der Waals surface area contributed by atoms with E-state index in [2.05, 4.69) is 5.32 Å². The number of aryl methyl sites for hydroxylation is 1. The Kier molecular flexibility index (Phi) is 4.56. The molecule has 21 heavy (non-hydrogen) atoms. The third-order valence-electron chi connectivity index (χ3n) is 2.83. The van der Waals surface area contributed by atoms with Gasteiger partial charge in [0.05, 0.1) is 16.8 Å². The summed E-state index contributed by atoms with van der Waals surface area (Å²) in [5.74, 6) is -2.49. The number of amides is 1. The third kappa shape index (κ3) is 3.57. The molecule has 0 saturated heterocycles. The van der Waals surface area contributed by atoms with Gasteiger partial charge in [0.15, 0.2) is 0 Å². The molecule has 2 aromatic rings. The van der Waals surface area contributed by atoms with Crippen molar-refractivity contribution in [1.29, 1.82) is 0 Å². The maximum atomic E-state index is 13.7. The number of hydrogen-bond acceptors (Lipinski definition) is 2. The van der Waals surface area contributed by atoms with Crippen LogP contribution >= 0.6 is 22.6 Å². The lowest BCUT2D eigenvalue weighted by Gasteiger charge is -2.10. The summed E-state index contributed by atoms with van der Waals surface area (Å²) in [7, 11) is 0. The first-order valence-corrected chi connectivity index (χ1v) is 7.06. The zero-order chi connectivity index (χ0) is 15.6. The Balaban J connectivity index is 2.36. The van der Waals surface area contributed by atoms with Crippen molar-refractivity contribution >= 4 is 40.2 Å². The highest BCUT2D eigenvalue weighted by atomic mass is 127. The van der Waals surface area contributed by atoms with Crippen LogP contribution in [-0.4, -0.2) is 17.0 Å². The van der Waals surface area contributed by atoms with Gasteiger partial charge >= 0.3 is 5.97 Å². The molecule has 4 nitrogen and oxygen atoms in total. The number of benzene rings is 2. The molecule has 2 rings (SSSR count). The highest BCUT2D eigenvalue weighted by Gasteiger charge is 2.16. The van der Waals surface area contributed by atoms with E-state index in [1.807, 2.05) is 22.6 Å². The van der Waals surface area contributed by atoms with Crippen molar-refractivity contribution < 1.29 is 19.1 Å². The summed E-state index contributed by atoms with van der Waals surface area (Å²) >= 11 is 1.97. The van der Waals surface area contributed by atoms with Gasteiger partial charge in [-0.25, -0.2) is 9.18 Å². The topological polar surface area (TPSA) is 66.4 Å². The van der Waals surface area contributed by atoms with Gasteiger partial charge in [0.25, 0.3) is 5.91 Å². The van der Waals surface area contributed by atoms with Crippen molar-refractivity contribution in [3.05, 3.63) is 62.5 Å². The van der Waals surface area contributed by atoms with Crippen molar-refractivity contribution in [2.45, 2.75) is 6.92 Å². The van der Waals surface area contributed by atoms with Gasteiger partial charge in [-0.2, -0.15) is 0 Å². The van der Waals surface area contributed by atoms with E-state index in [0.29, 0.717) is 0 Å². The lowest BCUT2D eigenvalue weighted by atomic mass is 10.1. The Labute approximate surface area is 134 Å². The van der Waals surface area contributed by atoms with Gasteiger partial charge < -0.3 is 10.4 Å². The van der Waals surface area contributed by atoms with Gasteiger partial charge in [0.1, 0.15) is 5.82 Å². The average molecular weight is 399 g/mol. The highest BCUT2D eigenvalue weighted by molar-refractivity contribution is 14.1. The molecule has 0 fully saturated rings. The molecule has 108 valence electrons. The highest BCUT2D eigenvalue weighted by Crippen LogP contribution is 2.20. The largest absolute Gasteiger partial charge is 0.478 e. The van der Waals surface area contributed by atoms with Crippen LogP contribution in [0.25, 0.3) is 0 Å². The summed E-state index contributed by atoms with van der Waals surface area (Å²) in [5.41, 5.74) is 0.713. The Bertz CT molecular complexity index is 731. The first-order chi connectivity index (χ1) is 9.88. The summed E-state index contributed by atoms with van der Waals surface area (Å²) in [6.07, 6.45) is 0. The van der Waals surface area contributed by atoms with E-state index in [-0.39, 0.29) is 16.8 Å². The summed E-state index contributed by atoms with van der Waals surface area (Å²) in [6, 6.07) is 8.75. The van der Waals surface area contributed by atoms with Crippen molar-refractivity contribution in [2.24, 2.45) is 0 Å². The fourth-order valence-electron chi connectivity index (χ4n) is 1.81. The van der Waals surface area contributed by atoms with E-state index < -0.39 is 17.7 Å². The van der Waals surface area contributed by atoms with Crippen LogP contribution in [0.1, 0.15) is 26.3 Å². The summed E-state index contributed by atoms with van der Waals surface area (Å²) in [6.45, 7) is 1.74. The number of aromatic carboxylic acids is 1. The fourth-order valence-corrected chi connectivity index (χ4v) is 2.30. The van der Waals surface area contributed by atoms with Crippen molar-refractivity contribution in [1.82, 2.24) is 0 Å². The van der Waals surface area contributed by atoms with E-state index >= 15 is 0 Å². The van der Waals surface area contributed by atoms with E-state index in [1.165, 1.54) is 24.3 Å². The smallest absolute Gasteiger partial charge is 0.337 e. The van der Waals surface area contributed by atoms with Gasteiger partial charge in [-0.1, -0.05) is 11.6 Å². The van der Waals surface area contributed by atoms with Gasteiger partial charge in [0.2, 0.25) is 0 Å². The zero-order valence-electron chi connectivity index (χ0n) is 11.0. The molecule has 0 aromatic heterocycles. The molecule has 0 heterocycles. The van der Waals surface area contributed by atoms with Crippen LogP contribution in [0.4, 0.5) is 10.1 Å². The van der Waals surface area contributed by atoms with Crippen molar-refractivity contribution in [3.8, 4) is 0 Å². The Morgan fingerprint density at radius 3 is 2.52 bits per heavy atom. The first kappa shape index (κ1) is 15.4. The Morgan fingerprint density at radius 1 is 1.14 bits per heavy atom. The number of carbonyl (C=O) groups is 2. The molecule has 1 amide bonds. The summed E-state index contributed by atoms with van der Waals surface area (Å²) in [5, 5.41) is 11.6. The van der Waals surface area contributed by atoms with Crippen LogP contribution in [-0.2, 0) is 0 Å². The fraction of sp³-hybridized carbons (Fsp3) is 0.0667. The number of halogens is 2. The van der Waals surface area contributed by atoms with Gasteiger partial charge in [0, 0.05) is 3.57 Å². The van der Waals surface area contributed by atoms with Crippen LogP contribution in [0.3, 0.4) is 0 Å². The van der Waals surface area contributed by atoms with Crippen LogP contribution in [0.2, 0.25) is 0 Å². The van der Waals surface area contributed by atoms with Crippen LogP contribution < -0.4 is 5.32 Å². The molecule has 0 saturated carbocycles. The second kappa shape index (κ2) is 6.21. The molecular formula is C15H11FINO3. The van der Waals surface area contributed by atoms with Gasteiger partial charge in [-0.3, -0.25) is 4.79 Å². The zero-order valence-corrected chi connectivity index (χ0v) is 13.1. The second-order valence-electron chi connectivity index (χ2n) is 4.43. The maximum absolute atomic E-state index is 13.7. The standard InChI is InChI=1S/C15H11FINO3/c1-8-2-4-12(16)10(6-8)14(19)18-13-5-3-9(17)7-11(13)15(20)21/h2-7H,1H3,(H,18,19)(H,20,21). The number of rotatable bonds is 3. The lowest BCUT2D eigenvalue weighted by molar-refractivity contribution is 0.0698. The normalized spacial score (nSPS) is 10.2. The lowest BCUT2D eigenvalue weighted by Crippen LogP contribution is -2.16. The van der Waals surface area contributed by atoms with E-state index in [0.717, 1.165) is 9.13 Å². The van der Waals surface area contributed by atoms with E-state index in [9.17, 15) is 14.0 Å². The van der Waals surface area contributed by atoms with Crippen LogP contribution in [0, 0.1) is 16.3 Å². The Hall–Kier alpha value is -1.96. The average Bonchev–Trinajstić information content (AvgIpc) is 2.43. The minimum atomic E-state index is -1.16. The monoisotopic (exact) mass is 399 g/mol. The molecule has 0 unspecified atom stereocenters. The molecule has 2 N–H and O–H groups in total. The number of nitrogens with one attached hydrogen (secondary N) is 1. The minimum absolute atomic E-state index is 0.0386. The molecule has 0 aliphatic heterocycles. The minimum Gasteiger partial charge on any atom is -0.478 e. The maximum Gasteiger partial charge on any atom is 0.337 e. The summed E-state index contributed by atoms with van der Waals surface area (Å²) < 4.78 is 14.4. The van der Waals surface area contributed by atoms with Crippen LogP contribution in [0.15, 0.2) is 36.4 Å². The number of carboxylic acids is 1. The SMILES string of the molecule is Cc1ccc(F)c(C(=O)Nc2ccc(I)cc2C(=O)O)c1. The molecule has 0 atom stereocenters. The van der Waals surface area contributed by atoms with Crippen molar-refractivity contribution in [3.63, 3.8) is 0 Å². The molecule has 0 spiro atoms. The van der Waals surface area contributed by atoms with Crippen molar-refractivity contribution in [2.75, 3.05) is 5.32 Å². The molecule has 2 aromatic carbocycles. The number of carbonyl (C=O) groups excluding carboxylic acids is 1. The van der Waals surface area contributed by atoms with E-state index in [1.54, 1.807) is 19.1 Å². The first-order valence-electron chi connectivity index (χ1n) is 5.99. The molecule has 6 heteroatoms. The molecule has 0 radical (unpaired) electrons. The number of anilines is 1. The number of hydrogen-bond donors (Lipinski definition) is 2.